The minimum absolute atomic E-state index is 0.204. The molecule has 0 spiro atoms. The van der Waals surface area contributed by atoms with Crippen LogP contribution in [0.2, 0.25) is 0 Å². The molecule has 19 heavy (non-hydrogen) atoms. The first kappa shape index (κ1) is 14.2. The molecule has 2 aromatic carbocycles. The number of aliphatic hydroxyl groups is 1. The van der Waals surface area contributed by atoms with Crippen molar-refractivity contribution in [2.45, 2.75) is 18.9 Å². The highest BCUT2D eigenvalue weighted by molar-refractivity contribution is 9.10. The molecule has 0 radical (unpaired) electrons. The summed E-state index contributed by atoms with van der Waals surface area (Å²) in [4.78, 5) is 0. The van der Waals surface area contributed by atoms with Crippen LogP contribution in [-0.4, -0.2) is 11.2 Å². The summed E-state index contributed by atoms with van der Waals surface area (Å²) < 4.78 is 27.3. The first-order valence-corrected chi connectivity index (χ1v) is 6.70. The Balaban J connectivity index is 2.03. The van der Waals surface area contributed by atoms with Crippen molar-refractivity contribution in [1.82, 2.24) is 0 Å². The minimum Gasteiger partial charge on any atom is -0.392 e. The third-order valence-corrected chi connectivity index (χ3v) is 3.32. The average Bonchev–Trinajstić information content (AvgIpc) is 2.33. The lowest BCUT2D eigenvalue weighted by Crippen LogP contribution is -2.15. The van der Waals surface area contributed by atoms with Crippen molar-refractivity contribution >= 4 is 15.9 Å². The van der Waals surface area contributed by atoms with Crippen LogP contribution in [0.25, 0.3) is 0 Å². The van der Waals surface area contributed by atoms with Crippen LogP contribution in [0.4, 0.5) is 8.78 Å². The van der Waals surface area contributed by atoms with Crippen molar-refractivity contribution in [3.8, 4) is 0 Å². The van der Waals surface area contributed by atoms with Crippen molar-refractivity contribution < 1.29 is 13.9 Å². The second-order valence-corrected chi connectivity index (χ2v) is 5.34. The van der Waals surface area contributed by atoms with Gasteiger partial charge in [0.1, 0.15) is 11.6 Å². The van der Waals surface area contributed by atoms with Gasteiger partial charge in [0, 0.05) is 10.9 Å². The lowest BCUT2D eigenvalue weighted by molar-refractivity contribution is 0.174. The maximum absolute atomic E-state index is 13.6. The number of hydrogen-bond acceptors (Lipinski definition) is 1. The van der Waals surface area contributed by atoms with Crippen LogP contribution < -0.4 is 0 Å². The van der Waals surface area contributed by atoms with E-state index < -0.39 is 6.10 Å². The summed E-state index contributed by atoms with van der Waals surface area (Å²) in [6, 6.07) is 10.8. The molecule has 0 aromatic heterocycles. The third-order valence-electron chi connectivity index (χ3n) is 2.83. The van der Waals surface area contributed by atoms with Crippen LogP contribution in [0.1, 0.15) is 11.1 Å². The Labute approximate surface area is 119 Å². The van der Waals surface area contributed by atoms with Gasteiger partial charge in [0.2, 0.25) is 0 Å². The van der Waals surface area contributed by atoms with Crippen LogP contribution in [0.15, 0.2) is 46.9 Å². The van der Waals surface area contributed by atoms with Gasteiger partial charge in [0.25, 0.3) is 0 Å². The first-order valence-electron chi connectivity index (χ1n) is 5.91. The molecule has 100 valence electrons. The van der Waals surface area contributed by atoms with E-state index in [0.717, 1.165) is 0 Å². The van der Waals surface area contributed by atoms with Gasteiger partial charge in [-0.3, -0.25) is 0 Å². The molecule has 0 aliphatic rings. The largest absolute Gasteiger partial charge is 0.392 e. The van der Waals surface area contributed by atoms with E-state index in [1.807, 2.05) is 0 Å². The summed E-state index contributed by atoms with van der Waals surface area (Å²) in [7, 11) is 0. The van der Waals surface area contributed by atoms with Crippen LogP contribution in [-0.2, 0) is 12.8 Å². The molecule has 0 bridgehead atoms. The SMILES string of the molecule is OC(Cc1cccc(F)c1)Cc1ccc(Br)cc1F. The molecule has 4 heteroatoms. The lowest BCUT2D eigenvalue weighted by Gasteiger charge is -2.11. The highest BCUT2D eigenvalue weighted by Crippen LogP contribution is 2.18. The smallest absolute Gasteiger partial charge is 0.127 e. The number of benzene rings is 2. The highest BCUT2D eigenvalue weighted by atomic mass is 79.9. The van der Waals surface area contributed by atoms with Crippen LogP contribution >= 0.6 is 15.9 Å². The lowest BCUT2D eigenvalue weighted by atomic mass is 10.0. The molecule has 1 atom stereocenters. The number of aliphatic hydroxyl groups excluding tert-OH is 1. The highest BCUT2D eigenvalue weighted by Gasteiger charge is 2.11. The zero-order valence-corrected chi connectivity index (χ0v) is 11.7. The van der Waals surface area contributed by atoms with Crippen molar-refractivity contribution in [2.24, 2.45) is 0 Å². The molecule has 0 amide bonds. The maximum Gasteiger partial charge on any atom is 0.127 e. The second-order valence-electron chi connectivity index (χ2n) is 4.43. The van der Waals surface area contributed by atoms with Crippen molar-refractivity contribution in [3.63, 3.8) is 0 Å². The third kappa shape index (κ3) is 4.11. The van der Waals surface area contributed by atoms with Crippen molar-refractivity contribution in [2.75, 3.05) is 0 Å². The number of rotatable bonds is 4. The van der Waals surface area contributed by atoms with Crippen LogP contribution in [0.5, 0.6) is 0 Å². The predicted octanol–water partition coefficient (Wildman–Crippen LogP) is 3.87. The molecule has 0 aliphatic heterocycles. The predicted molar refractivity (Wildman–Crippen MR) is 73.9 cm³/mol. The summed E-state index contributed by atoms with van der Waals surface area (Å²) in [6.45, 7) is 0. The van der Waals surface area contributed by atoms with Gasteiger partial charge in [-0.2, -0.15) is 0 Å². The Morgan fingerprint density at radius 3 is 2.53 bits per heavy atom. The minimum atomic E-state index is -0.738. The van der Waals surface area contributed by atoms with E-state index in [9.17, 15) is 13.9 Å². The maximum atomic E-state index is 13.6. The normalized spacial score (nSPS) is 12.4. The Morgan fingerprint density at radius 1 is 1.05 bits per heavy atom. The van der Waals surface area contributed by atoms with E-state index >= 15 is 0 Å². The molecule has 0 aliphatic carbocycles. The summed E-state index contributed by atoms with van der Waals surface area (Å²) in [5, 5.41) is 9.94. The van der Waals surface area contributed by atoms with Crippen LogP contribution in [0.3, 0.4) is 0 Å². The standard InChI is InChI=1S/C15H13BrF2O/c16-12-5-4-11(15(18)9-12)8-14(19)7-10-2-1-3-13(17)6-10/h1-6,9,14,19H,7-8H2. The van der Waals surface area contributed by atoms with E-state index in [1.165, 1.54) is 18.2 Å². The van der Waals surface area contributed by atoms with Gasteiger partial charge >= 0.3 is 0 Å². The van der Waals surface area contributed by atoms with Gasteiger partial charge in [0.15, 0.2) is 0 Å². The molecule has 1 unspecified atom stereocenters. The Kier molecular flexibility index (Phi) is 4.66. The van der Waals surface area contributed by atoms with Gasteiger partial charge in [0.05, 0.1) is 6.10 Å². The van der Waals surface area contributed by atoms with Gasteiger partial charge < -0.3 is 5.11 Å². The van der Waals surface area contributed by atoms with Gasteiger partial charge in [-0.05, 0) is 41.8 Å². The first-order chi connectivity index (χ1) is 9.04. The van der Waals surface area contributed by atoms with Gasteiger partial charge in [-0.15, -0.1) is 0 Å². The van der Waals surface area contributed by atoms with E-state index in [-0.39, 0.29) is 18.1 Å². The molecular formula is C15H13BrF2O. The van der Waals surface area contributed by atoms with E-state index in [0.29, 0.717) is 22.0 Å². The molecule has 0 heterocycles. The molecule has 0 saturated heterocycles. The fraction of sp³-hybridized carbons (Fsp3) is 0.200. The monoisotopic (exact) mass is 326 g/mol. The topological polar surface area (TPSA) is 20.2 Å². The summed E-state index contributed by atoms with van der Waals surface area (Å²) in [5.41, 5.74) is 1.15. The summed E-state index contributed by atoms with van der Waals surface area (Å²) in [6.07, 6.45) is -0.236. The van der Waals surface area contributed by atoms with Crippen LogP contribution in [0, 0.1) is 11.6 Å². The van der Waals surface area contributed by atoms with Crippen molar-refractivity contribution in [1.29, 1.82) is 0 Å². The number of halogens is 3. The van der Waals surface area contributed by atoms with E-state index in [1.54, 1.807) is 24.3 Å². The fourth-order valence-electron chi connectivity index (χ4n) is 1.95. The Hall–Kier alpha value is -1.26. The zero-order valence-electron chi connectivity index (χ0n) is 10.1. The molecular weight excluding hydrogens is 314 g/mol. The van der Waals surface area contributed by atoms with E-state index in [4.69, 9.17) is 0 Å². The second kappa shape index (κ2) is 6.26. The zero-order chi connectivity index (χ0) is 13.8. The Morgan fingerprint density at radius 2 is 1.84 bits per heavy atom. The molecule has 2 aromatic rings. The van der Waals surface area contributed by atoms with Gasteiger partial charge in [-0.1, -0.05) is 34.1 Å². The molecule has 0 saturated carbocycles. The summed E-state index contributed by atoms with van der Waals surface area (Å²) >= 11 is 3.18. The van der Waals surface area contributed by atoms with E-state index in [2.05, 4.69) is 15.9 Å². The molecule has 0 fully saturated rings. The number of hydrogen-bond donors (Lipinski definition) is 1. The Bertz CT molecular complexity index is 572. The molecule has 1 nitrogen and oxygen atoms in total. The van der Waals surface area contributed by atoms with Crippen molar-refractivity contribution in [3.05, 3.63) is 69.7 Å². The molecule has 1 N–H and O–H groups in total. The quantitative estimate of drug-likeness (QED) is 0.904. The fourth-order valence-corrected chi connectivity index (χ4v) is 2.28. The van der Waals surface area contributed by atoms with Gasteiger partial charge in [-0.25, -0.2) is 8.78 Å². The average molecular weight is 327 g/mol. The molecule has 2 rings (SSSR count). The summed E-state index contributed by atoms with van der Waals surface area (Å²) in [5.74, 6) is -0.688.